The Bertz CT molecular complexity index is 237. The third-order valence-electron chi connectivity index (χ3n) is 2.98. The van der Waals surface area contributed by atoms with Crippen LogP contribution < -0.4 is 0 Å². The average molecular weight is 196 g/mol. The van der Waals surface area contributed by atoms with Gasteiger partial charge in [0, 0.05) is 5.92 Å². The number of hydrogen-bond acceptors (Lipinski definition) is 1. The fraction of sp³-hybridized carbons (Fsp3) is 0.846. The fourth-order valence-electron chi connectivity index (χ4n) is 2.41. The van der Waals surface area contributed by atoms with Crippen LogP contribution in [0.25, 0.3) is 0 Å². The van der Waals surface area contributed by atoms with Gasteiger partial charge in [0.25, 0.3) is 0 Å². The van der Waals surface area contributed by atoms with Crippen LogP contribution >= 0.6 is 0 Å². The molecule has 82 valence electrons. The number of rotatable bonds is 0. The number of hydrogen-bond donors (Lipinski definition) is 0. The van der Waals surface area contributed by atoms with Crippen molar-refractivity contribution < 1.29 is 4.74 Å². The Balaban J connectivity index is 2.94. The second-order valence-electron chi connectivity index (χ2n) is 6.63. The van der Waals surface area contributed by atoms with Crippen molar-refractivity contribution in [3.8, 4) is 0 Å². The van der Waals surface area contributed by atoms with Crippen LogP contribution in [0.4, 0.5) is 0 Å². The minimum Gasteiger partial charge on any atom is -0.497 e. The summed E-state index contributed by atoms with van der Waals surface area (Å²) in [6.45, 7) is 15.8. The van der Waals surface area contributed by atoms with E-state index in [4.69, 9.17) is 4.74 Å². The van der Waals surface area contributed by atoms with Gasteiger partial charge >= 0.3 is 0 Å². The highest BCUT2D eigenvalue weighted by molar-refractivity contribution is 5.14. The molecule has 0 aromatic carbocycles. The van der Waals surface area contributed by atoms with Crippen molar-refractivity contribution in [1.29, 1.82) is 0 Å². The van der Waals surface area contributed by atoms with E-state index in [0.29, 0.717) is 12.0 Å². The van der Waals surface area contributed by atoms with Crippen molar-refractivity contribution in [2.45, 2.75) is 54.6 Å². The summed E-state index contributed by atoms with van der Waals surface area (Å²) >= 11 is 0. The van der Waals surface area contributed by atoms with E-state index < -0.39 is 0 Å². The molecule has 0 bridgehead atoms. The summed E-state index contributed by atoms with van der Waals surface area (Å²) in [4.78, 5) is 0. The fourth-order valence-corrected chi connectivity index (χ4v) is 2.41. The molecule has 0 spiro atoms. The maximum absolute atomic E-state index is 5.81. The van der Waals surface area contributed by atoms with E-state index in [2.05, 4.69) is 48.5 Å². The lowest BCUT2D eigenvalue weighted by molar-refractivity contribution is 0.000610. The smallest absolute Gasteiger partial charge is 0.110 e. The van der Waals surface area contributed by atoms with Crippen LogP contribution in [0.1, 0.15) is 48.5 Å². The summed E-state index contributed by atoms with van der Waals surface area (Å²) in [5.74, 6) is 0.544. The minimum absolute atomic E-state index is 0.214. The SMILES string of the molecule is CC1=COC(C(C)(C)C)C1C(C)(C)C. The van der Waals surface area contributed by atoms with Crippen molar-refractivity contribution in [3.63, 3.8) is 0 Å². The normalized spacial score (nSPS) is 28.6. The van der Waals surface area contributed by atoms with E-state index in [9.17, 15) is 0 Å². The Morgan fingerprint density at radius 3 is 1.79 bits per heavy atom. The van der Waals surface area contributed by atoms with Crippen molar-refractivity contribution in [1.82, 2.24) is 0 Å². The van der Waals surface area contributed by atoms with Gasteiger partial charge in [-0.25, -0.2) is 0 Å². The monoisotopic (exact) mass is 196 g/mol. The molecule has 1 rings (SSSR count). The van der Waals surface area contributed by atoms with Crippen molar-refractivity contribution in [2.75, 3.05) is 0 Å². The first kappa shape index (κ1) is 11.6. The highest BCUT2D eigenvalue weighted by Crippen LogP contribution is 2.45. The molecule has 0 amide bonds. The molecule has 0 aromatic rings. The van der Waals surface area contributed by atoms with Crippen LogP contribution in [0.3, 0.4) is 0 Å². The van der Waals surface area contributed by atoms with Crippen LogP contribution in [0, 0.1) is 16.7 Å². The Morgan fingerprint density at radius 2 is 1.50 bits per heavy atom. The van der Waals surface area contributed by atoms with E-state index >= 15 is 0 Å². The van der Waals surface area contributed by atoms with Gasteiger partial charge in [-0.1, -0.05) is 41.5 Å². The zero-order valence-corrected chi connectivity index (χ0v) is 10.6. The molecule has 1 heterocycles. The standard InChI is InChI=1S/C13H24O/c1-9-8-14-11(13(5,6)7)10(9)12(2,3)4/h8,10-11H,1-7H3. The summed E-state index contributed by atoms with van der Waals surface area (Å²) in [6, 6.07) is 0. The molecule has 2 atom stereocenters. The third kappa shape index (κ3) is 2.13. The summed E-state index contributed by atoms with van der Waals surface area (Å²) in [5.41, 5.74) is 1.89. The largest absolute Gasteiger partial charge is 0.497 e. The first-order valence-electron chi connectivity index (χ1n) is 5.46. The van der Waals surface area contributed by atoms with Gasteiger partial charge in [0.15, 0.2) is 0 Å². The quantitative estimate of drug-likeness (QED) is 0.569. The molecule has 2 unspecified atom stereocenters. The Hall–Kier alpha value is -0.460. The third-order valence-corrected chi connectivity index (χ3v) is 2.98. The van der Waals surface area contributed by atoms with E-state index in [1.165, 1.54) is 5.57 Å². The zero-order valence-electron chi connectivity index (χ0n) is 10.6. The van der Waals surface area contributed by atoms with Crippen molar-refractivity contribution >= 4 is 0 Å². The molecule has 1 heteroatoms. The predicted octanol–water partition coefficient (Wildman–Crippen LogP) is 4.00. The molecule has 1 aliphatic rings. The molecular weight excluding hydrogens is 172 g/mol. The molecule has 0 fully saturated rings. The second-order valence-corrected chi connectivity index (χ2v) is 6.63. The summed E-state index contributed by atoms with van der Waals surface area (Å²) in [5, 5.41) is 0. The van der Waals surface area contributed by atoms with Gasteiger partial charge in [-0.2, -0.15) is 0 Å². The number of ether oxygens (including phenoxy) is 1. The maximum Gasteiger partial charge on any atom is 0.110 e. The van der Waals surface area contributed by atoms with Crippen molar-refractivity contribution in [2.24, 2.45) is 16.7 Å². The molecule has 0 aliphatic carbocycles. The topological polar surface area (TPSA) is 9.23 Å². The van der Waals surface area contributed by atoms with Crippen LogP contribution in [0.2, 0.25) is 0 Å². The highest BCUT2D eigenvalue weighted by atomic mass is 16.5. The first-order chi connectivity index (χ1) is 6.14. The molecular formula is C13H24O. The summed E-state index contributed by atoms with van der Waals surface area (Å²) < 4.78 is 5.81. The molecule has 1 nitrogen and oxygen atoms in total. The van der Waals surface area contributed by atoms with Crippen molar-refractivity contribution in [3.05, 3.63) is 11.8 Å². The summed E-state index contributed by atoms with van der Waals surface area (Å²) in [7, 11) is 0. The highest BCUT2D eigenvalue weighted by Gasteiger charge is 2.43. The Kier molecular flexibility index (Phi) is 2.73. The van der Waals surface area contributed by atoms with Gasteiger partial charge < -0.3 is 4.74 Å². The molecule has 0 saturated heterocycles. The Labute approximate surface area is 88.5 Å². The van der Waals surface area contributed by atoms with E-state index in [0.717, 1.165) is 0 Å². The molecule has 1 aliphatic heterocycles. The predicted molar refractivity (Wildman–Crippen MR) is 61.0 cm³/mol. The van der Waals surface area contributed by atoms with Gasteiger partial charge in [-0.05, 0) is 23.3 Å². The van der Waals surface area contributed by atoms with Crippen LogP contribution in [-0.4, -0.2) is 6.10 Å². The van der Waals surface area contributed by atoms with Gasteiger partial charge in [0.1, 0.15) is 6.10 Å². The molecule has 0 radical (unpaired) electrons. The molecule has 0 aromatic heterocycles. The molecule has 14 heavy (non-hydrogen) atoms. The van der Waals surface area contributed by atoms with Crippen LogP contribution in [0.5, 0.6) is 0 Å². The van der Waals surface area contributed by atoms with Gasteiger partial charge in [0.05, 0.1) is 6.26 Å². The van der Waals surface area contributed by atoms with Crippen LogP contribution in [-0.2, 0) is 4.74 Å². The van der Waals surface area contributed by atoms with Gasteiger partial charge in [-0.15, -0.1) is 0 Å². The lowest BCUT2D eigenvalue weighted by Gasteiger charge is -2.39. The Morgan fingerprint density at radius 1 is 1.00 bits per heavy atom. The zero-order chi connectivity index (χ0) is 11.1. The lowest BCUT2D eigenvalue weighted by Crippen LogP contribution is -2.39. The maximum atomic E-state index is 5.81. The molecule has 0 N–H and O–H groups in total. The van der Waals surface area contributed by atoms with E-state index in [1.807, 2.05) is 6.26 Å². The van der Waals surface area contributed by atoms with Gasteiger partial charge in [0.2, 0.25) is 0 Å². The van der Waals surface area contributed by atoms with E-state index in [-0.39, 0.29) is 10.8 Å². The second kappa shape index (κ2) is 3.29. The van der Waals surface area contributed by atoms with Gasteiger partial charge in [-0.3, -0.25) is 0 Å². The lowest BCUT2D eigenvalue weighted by atomic mass is 9.68. The van der Waals surface area contributed by atoms with Crippen LogP contribution in [0.15, 0.2) is 11.8 Å². The molecule has 0 saturated carbocycles. The average Bonchev–Trinajstić information content (AvgIpc) is 2.27. The minimum atomic E-state index is 0.214. The first-order valence-corrected chi connectivity index (χ1v) is 5.46. The summed E-state index contributed by atoms with van der Waals surface area (Å²) in [6.07, 6.45) is 2.27. The van der Waals surface area contributed by atoms with E-state index in [1.54, 1.807) is 0 Å².